The van der Waals surface area contributed by atoms with Crippen molar-refractivity contribution >= 4 is 32.8 Å². The van der Waals surface area contributed by atoms with E-state index in [1.165, 1.54) is 22.1 Å². The van der Waals surface area contributed by atoms with Gasteiger partial charge in [-0.05, 0) is 45.9 Å². The number of benzene rings is 5. The van der Waals surface area contributed by atoms with Gasteiger partial charge in [-0.3, -0.25) is 0 Å². The minimum absolute atomic E-state index is 0.0112. The first-order valence-corrected chi connectivity index (χ1v) is 20.6. The van der Waals surface area contributed by atoms with E-state index in [0.717, 1.165) is 54.0 Å². The molecule has 3 aromatic heterocycles. The molecule has 0 amide bonds. The maximum absolute atomic E-state index is 6.65. The zero-order valence-electron chi connectivity index (χ0n) is 33.9. The maximum atomic E-state index is 6.65. The van der Waals surface area contributed by atoms with Crippen LogP contribution in [0.3, 0.4) is 0 Å². The predicted octanol–water partition coefficient (Wildman–Crippen LogP) is 12.6. The van der Waals surface area contributed by atoms with Gasteiger partial charge in [0, 0.05) is 6.20 Å². The Hall–Kier alpha value is -4.99. The average molecular weight is 916 g/mol. The molecular weight excluding hydrogens is 868 g/mol. The second-order valence-electron chi connectivity index (χ2n) is 18.1. The zero-order valence-corrected chi connectivity index (χ0v) is 36.2. The second kappa shape index (κ2) is 12.5. The van der Waals surface area contributed by atoms with E-state index in [-0.39, 0.29) is 21.7 Å². The van der Waals surface area contributed by atoms with Gasteiger partial charge < -0.3 is 0 Å². The molecule has 0 atom stereocenters. The molecule has 6 heteroatoms. The van der Waals surface area contributed by atoms with Crippen molar-refractivity contribution in [3.05, 3.63) is 148 Å². The topological polar surface area (TPSA) is 36.9 Å². The first kappa shape index (κ1) is 36.6. The summed E-state index contributed by atoms with van der Waals surface area (Å²) < 4.78 is 14.5. The Kier molecular flexibility index (Phi) is 8.18. The predicted molar refractivity (Wildman–Crippen MR) is 225 cm³/mol. The van der Waals surface area contributed by atoms with Crippen molar-refractivity contribution in [3.8, 4) is 28.7 Å². The summed E-state index contributed by atoms with van der Waals surface area (Å²) >= 11 is 2.43. The van der Waals surface area contributed by atoms with Gasteiger partial charge in [0.05, 0.1) is 0 Å². The molecule has 56 heavy (non-hydrogen) atoms. The molecule has 0 fully saturated rings. The first-order valence-electron chi connectivity index (χ1n) is 19.5. The third kappa shape index (κ3) is 5.37. The molecule has 0 radical (unpaired) electrons. The summed E-state index contributed by atoms with van der Waals surface area (Å²) in [5, 5.41) is 2.33. The van der Waals surface area contributed by atoms with E-state index in [0.29, 0.717) is 11.5 Å². The van der Waals surface area contributed by atoms with E-state index in [9.17, 15) is 0 Å². The van der Waals surface area contributed by atoms with Crippen LogP contribution in [0.2, 0.25) is 0 Å². The summed E-state index contributed by atoms with van der Waals surface area (Å²) in [6.45, 7) is 23.3. The third-order valence-electron chi connectivity index (χ3n) is 13.3. The Balaban J connectivity index is 1.16. The third-order valence-corrected chi connectivity index (χ3v) is 14.3. The summed E-state index contributed by atoms with van der Waals surface area (Å²) in [7, 11) is 0. The number of pyridine rings is 1. The van der Waals surface area contributed by atoms with Crippen LogP contribution >= 0.6 is 0 Å². The number of hydrogen-bond acceptors (Lipinski definition) is 2. The van der Waals surface area contributed by atoms with E-state index in [1.807, 2.05) is 30.5 Å². The van der Waals surface area contributed by atoms with Gasteiger partial charge >= 0.3 is 249 Å². The average Bonchev–Trinajstić information content (AvgIpc) is 3.67. The van der Waals surface area contributed by atoms with E-state index >= 15 is 0 Å². The number of rotatable bonds is 5. The summed E-state index contributed by atoms with van der Waals surface area (Å²) in [5.41, 5.74) is 11.7. The quantitative estimate of drug-likeness (QED) is 0.161. The molecule has 0 spiro atoms. The van der Waals surface area contributed by atoms with E-state index in [2.05, 4.69) is 193 Å². The van der Waals surface area contributed by atoms with Crippen molar-refractivity contribution in [1.82, 2.24) is 18.7 Å². The van der Waals surface area contributed by atoms with Crippen molar-refractivity contribution < 1.29 is 24.1 Å². The van der Waals surface area contributed by atoms with Gasteiger partial charge in [0.15, 0.2) is 0 Å². The normalized spacial score (nSPS) is 15.9. The number of aromatic nitrogens is 4. The number of hydrogen-bond donors (Lipinski definition) is 0. The number of aryl methyl sites for hydroxylation is 1. The van der Waals surface area contributed by atoms with Crippen LogP contribution in [-0.2, 0) is 35.6 Å². The van der Waals surface area contributed by atoms with Gasteiger partial charge in [0.25, 0.3) is 0 Å². The fraction of sp³-hybridized carbons (Fsp3) is 0.280. The molecule has 1 aliphatic rings. The van der Waals surface area contributed by atoms with Gasteiger partial charge in [-0.25, -0.2) is 0 Å². The smallest absolute Gasteiger partial charge is 0.0582 e. The summed E-state index contributed by atoms with van der Waals surface area (Å²) in [6, 6.07) is 44.1. The van der Waals surface area contributed by atoms with Gasteiger partial charge in [0.2, 0.25) is 0 Å². The molecule has 9 rings (SSSR count). The molecule has 8 aromatic rings. The van der Waals surface area contributed by atoms with Crippen LogP contribution in [0.5, 0.6) is 11.5 Å². The monoisotopic (exact) mass is 915 g/mol. The summed E-state index contributed by atoms with van der Waals surface area (Å²) in [4.78, 5) is 4.89. The Bertz CT molecular complexity index is 2930. The Labute approximate surface area is 341 Å². The molecule has 5 nitrogen and oxygen atoms in total. The molecule has 1 aliphatic carbocycles. The number of nitrogens with zero attached hydrogens (tertiary/aromatic N) is 4. The number of imidazole rings is 1. The second-order valence-corrected chi connectivity index (χ2v) is 19.1. The molecule has 0 saturated heterocycles. The number of fused-ring (bicyclic) bond motifs is 5. The van der Waals surface area contributed by atoms with Gasteiger partial charge in [0.1, 0.15) is 0 Å². The van der Waals surface area contributed by atoms with Crippen LogP contribution in [-0.4, -0.2) is 18.7 Å². The van der Waals surface area contributed by atoms with Crippen LogP contribution in [0.15, 0.2) is 109 Å². The molecular formula is C50H48N4OPt-2. The Morgan fingerprint density at radius 3 is 1.98 bits per heavy atom. The van der Waals surface area contributed by atoms with Crippen molar-refractivity contribution in [2.24, 2.45) is 5.41 Å². The minimum Gasteiger partial charge on any atom is -0.0582 e. The van der Waals surface area contributed by atoms with Crippen molar-refractivity contribution in [1.29, 1.82) is 0 Å². The molecule has 0 bridgehead atoms. The number of para-hydroxylation sites is 2. The fourth-order valence-corrected chi connectivity index (χ4v) is 9.95. The summed E-state index contributed by atoms with van der Waals surface area (Å²) in [6.07, 6.45) is 1.89. The molecule has 3 heterocycles. The minimum atomic E-state index is -0.0285. The van der Waals surface area contributed by atoms with Crippen LogP contribution in [0, 0.1) is 28.3 Å². The molecule has 0 saturated carbocycles. The van der Waals surface area contributed by atoms with Crippen LogP contribution < -0.4 is 4.74 Å². The number of ether oxygens (including phenoxy) is 1. The molecule has 0 unspecified atom stereocenters. The van der Waals surface area contributed by atoms with Crippen LogP contribution in [0.1, 0.15) is 84.6 Å². The van der Waals surface area contributed by atoms with E-state index in [4.69, 9.17) is 9.72 Å². The van der Waals surface area contributed by atoms with E-state index < -0.39 is 0 Å². The molecule has 0 N–H and O–H groups in total. The van der Waals surface area contributed by atoms with Crippen molar-refractivity contribution in [2.45, 2.75) is 85.5 Å². The zero-order chi connectivity index (χ0) is 39.5. The van der Waals surface area contributed by atoms with Crippen molar-refractivity contribution in [2.75, 3.05) is 0 Å². The van der Waals surface area contributed by atoms with Gasteiger partial charge in [-0.15, -0.1) is 0 Å². The van der Waals surface area contributed by atoms with E-state index in [1.54, 1.807) is 0 Å². The first-order chi connectivity index (χ1) is 26.5. The standard InChI is InChI=1S/C50H48N4O.Pt/c1-32-24-25-51-46(26-32)54-44-28-37(22-23-38(44)39-29-40-41(30-45(39)54)49(7,8)50(9,10)48(40,5)6)55-36-15-13-14-35(27-36)53-31-52(42-16-11-12-17-43(42)53)34-20-18-33(19-21-34)47(2,3)4;/h11-26,29-30H,1-10H3;/q-2;. The fourth-order valence-electron chi connectivity index (χ4n) is 8.84. The molecule has 286 valence electrons. The molecule has 5 aromatic carbocycles. The summed E-state index contributed by atoms with van der Waals surface area (Å²) in [5.74, 6) is 2.11. The van der Waals surface area contributed by atoms with Crippen LogP contribution in [0.25, 0.3) is 50.0 Å². The Morgan fingerprint density at radius 2 is 1.30 bits per heavy atom. The van der Waals surface area contributed by atoms with Crippen molar-refractivity contribution in [3.63, 3.8) is 0 Å². The Morgan fingerprint density at radius 1 is 0.643 bits per heavy atom. The van der Waals surface area contributed by atoms with Gasteiger partial charge in [-0.1, -0.05) is 41.5 Å². The van der Waals surface area contributed by atoms with Crippen LogP contribution in [0.4, 0.5) is 0 Å². The van der Waals surface area contributed by atoms with Gasteiger partial charge in [-0.2, -0.15) is 0 Å². The SMILES string of the molecule is Cc1ccnc(-n2c3[c-]c(Oc4[c-]c(-n5[c](=[Pt])n(-c6ccc(C(C)(C)C)cc6)c6ccccc65)ccc4)ccc3c3cc4c(cc32)C(C)(C)C(C)(C)C4(C)C)c1. The molecule has 0 aliphatic heterocycles.